The molecule has 1 unspecified atom stereocenters. The van der Waals surface area contributed by atoms with Gasteiger partial charge >= 0.3 is 0 Å². The van der Waals surface area contributed by atoms with Crippen LogP contribution in [0.3, 0.4) is 0 Å². The van der Waals surface area contributed by atoms with Crippen molar-refractivity contribution in [2.24, 2.45) is 0 Å². The Morgan fingerprint density at radius 3 is 2.33 bits per heavy atom. The number of thiophene rings is 1. The van der Waals surface area contributed by atoms with E-state index in [0.29, 0.717) is 11.7 Å². The molecule has 78 valence electrons. The number of fused-ring (bicyclic) bond motifs is 1. The molecule has 2 rings (SSSR count). The molecule has 0 saturated carbocycles. The first kappa shape index (κ1) is 10.8. The largest absolute Gasteiger partial charge is 0.144 e. The van der Waals surface area contributed by atoms with Crippen molar-refractivity contribution in [1.82, 2.24) is 0 Å². The summed E-state index contributed by atoms with van der Waals surface area (Å²) in [5.41, 5.74) is 2.97. The molecule has 2 aromatic rings. The van der Waals surface area contributed by atoms with Gasteiger partial charge in [0, 0.05) is 4.70 Å². The third kappa shape index (κ3) is 1.83. The summed E-state index contributed by atoms with van der Waals surface area (Å²) in [6.07, 6.45) is 0. The average molecular weight is 216 g/mol. The first-order valence-electron chi connectivity index (χ1n) is 5.61. The highest BCUT2D eigenvalue weighted by Crippen LogP contribution is 2.34. The van der Waals surface area contributed by atoms with Crippen LogP contribution in [0.15, 0.2) is 23.6 Å². The summed E-state index contributed by atoms with van der Waals surface area (Å²) in [7, 11) is 2.27. The third-order valence-electron chi connectivity index (χ3n) is 2.92. The van der Waals surface area contributed by atoms with E-state index >= 15 is 0 Å². The van der Waals surface area contributed by atoms with Crippen LogP contribution in [-0.2, 0) is 0 Å². The van der Waals surface area contributed by atoms with E-state index in [9.17, 15) is 0 Å². The Hall–Kier alpha value is -0.755. The van der Waals surface area contributed by atoms with E-state index in [1.807, 2.05) is 11.3 Å². The lowest BCUT2D eigenvalue weighted by Crippen LogP contribution is -1.95. The van der Waals surface area contributed by atoms with Gasteiger partial charge in [0.05, 0.1) is 0 Å². The fourth-order valence-electron chi connectivity index (χ4n) is 2.06. The maximum Gasteiger partial charge on any atom is 0.110 e. The van der Waals surface area contributed by atoms with Crippen LogP contribution in [-0.4, -0.2) is 7.85 Å². The van der Waals surface area contributed by atoms with Gasteiger partial charge in [-0.2, -0.15) is 0 Å². The maximum absolute atomic E-state index is 2.30. The molecule has 0 fully saturated rings. The van der Waals surface area contributed by atoms with E-state index in [1.165, 1.54) is 21.2 Å². The first-order valence-corrected chi connectivity index (χ1v) is 6.49. The van der Waals surface area contributed by atoms with Gasteiger partial charge in [-0.1, -0.05) is 32.9 Å². The topological polar surface area (TPSA) is 0 Å². The van der Waals surface area contributed by atoms with Gasteiger partial charge in [0.25, 0.3) is 0 Å². The van der Waals surface area contributed by atoms with Crippen molar-refractivity contribution in [2.45, 2.75) is 32.5 Å². The van der Waals surface area contributed by atoms with E-state index < -0.39 is 0 Å². The van der Waals surface area contributed by atoms with E-state index in [4.69, 9.17) is 0 Å². The first-order chi connectivity index (χ1) is 7.11. The van der Waals surface area contributed by atoms with Crippen LogP contribution >= 0.6 is 11.3 Å². The van der Waals surface area contributed by atoms with E-state index in [1.54, 1.807) is 0 Å². The second-order valence-corrected chi connectivity index (χ2v) is 5.63. The number of rotatable bonds is 2. The van der Waals surface area contributed by atoms with E-state index in [0.717, 1.165) is 0 Å². The number of hydrogen-bond acceptors (Lipinski definition) is 1. The van der Waals surface area contributed by atoms with Crippen LogP contribution in [0.2, 0.25) is 0 Å². The van der Waals surface area contributed by atoms with Crippen molar-refractivity contribution >= 4 is 29.3 Å². The van der Waals surface area contributed by atoms with Gasteiger partial charge in [-0.05, 0) is 39.7 Å². The molecule has 1 aromatic carbocycles. The van der Waals surface area contributed by atoms with Gasteiger partial charge in [-0.25, -0.2) is 0 Å². The molecule has 1 heterocycles. The molecule has 0 aliphatic rings. The minimum atomic E-state index is 0.614. The van der Waals surface area contributed by atoms with E-state index in [2.05, 4.69) is 52.2 Å². The fraction of sp³-hybridized carbons (Fsp3) is 0.385. The maximum atomic E-state index is 2.30. The molecule has 0 saturated heterocycles. The zero-order valence-corrected chi connectivity index (χ0v) is 10.7. The Morgan fingerprint density at radius 1 is 1.07 bits per heavy atom. The normalized spacial score (nSPS) is 13.6. The van der Waals surface area contributed by atoms with Gasteiger partial charge in [0.15, 0.2) is 0 Å². The Morgan fingerprint density at radius 2 is 1.73 bits per heavy atom. The second-order valence-electron chi connectivity index (χ2n) is 4.72. The number of benzene rings is 1. The number of hydrogen-bond donors (Lipinski definition) is 0. The summed E-state index contributed by atoms with van der Waals surface area (Å²) in [6.45, 7) is 6.80. The van der Waals surface area contributed by atoms with Crippen molar-refractivity contribution in [3.63, 3.8) is 0 Å². The molecule has 2 heteroatoms. The summed E-state index contributed by atoms with van der Waals surface area (Å²) in [5.74, 6) is 1.23. The Bertz CT molecular complexity index is 426. The van der Waals surface area contributed by atoms with Gasteiger partial charge in [-0.15, -0.1) is 11.3 Å². The van der Waals surface area contributed by atoms with Crippen LogP contribution in [0.25, 0.3) is 10.1 Å². The minimum absolute atomic E-state index is 0.614. The van der Waals surface area contributed by atoms with Crippen molar-refractivity contribution in [1.29, 1.82) is 0 Å². The molecule has 15 heavy (non-hydrogen) atoms. The molecule has 0 aliphatic carbocycles. The van der Waals surface area contributed by atoms with Crippen molar-refractivity contribution in [3.8, 4) is 0 Å². The van der Waals surface area contributed by atoms with Gasteiger partial charge < -0.3 is 0 Å². The highest BCUT2D eigenvalue weighted by molar-refractivity contribution is 7.17. The molecule has 0 aliphatic heterocycles. The molecule has 0 bridgehead atoms. The monoisotopic (exact) mass is 216 g/mol. The van der Waals surface area contributed by atoms with Crippen molar-refractivity contribution < 1.29 is 0 Å². The quantitative estimate of drug-likeness (QED) is 0.671. The SMILES string of the molecule is BC(C)c1ccc(C(C)C)c2sccc12. The van der Waals surface area contributed by atoms with Crippen LogP contribution in [0.1, 0.15) is 43.6 Å². The van der Waals surface area contributed by atoms with Crippen molar-refractivity contribution in [3.05, 3.63) is 34.7 Å². The summed E-state index contributed by atoms with van der Waals surface area (Å²) < 4.78 is 1.48. The molecular weight excluding hydrogens is 199 g/mol. The van der Waals surface area contributed by atoms with Crippen LogP contribution in [0.5, 0.6) is 0 Å². The standard InChI is InChI=1S/C13H17BS/c1-8(2)10-4-5-11(9(3)14)12-6-7-15-13(10)12/h4-9H,14H2,1-3H3. The molecule has 0 amide bonds. The smallest absolute Gasteiger partial charge is 0.110 e. The Labute approximate surface area is 96.7 Å². The molecule has 1 atom stereocenters. The Balaban J connectivity index is 2.71. The van der Waals surface area contributed by atoms with Crippen LogP contribution < -0.4 is 0 Å². The van der Waals surface area contributed by atoms with Gasteiger partial charge in [-0.3, -0.25) is 0 Å². The molecular formula is C13H17BS. The zero-order chi connectivity index (χ0) is 11.0. The third-order valence-corrected chi connectivity index (χ3v) is 3.89. The lowest BCUT2D eigenvalue weighted by molar-refractivity contribution is 0.877. The average Bonchev–Trinajstić information content (AvgIpc) is 2.63. The van der Waals surface area contributed by atoms with Crippen LogP contribution in [0, 0.1) is 0 Å². The predicted molar refractivity (Wildman–Crippen MR) is 72.9 cm³/mol. The molecule has 0 radical (unpaired) electrons. The lowest BCUT2D eigenvalue weighted by Gasteiger charge is -2.12. The van der Waals surface area contributed by atoms with Crippen LogP contribution in [0.4, 0.5) is 0 Å². The van der Waals surface area contributed by atoms with Gasteiger partial charge in [0.1, 0.15) is 7.85 Å². The second kappa shape index (κ2) is 4.01. The summed E-state index contributed by atoms with van der Waals surface area (Å²) in [4.78, 5) is 0. The molecule has 0 spiro atoms. The summed E-state index contributed by atoms with van der Waals surface area (Å²) in [5, 5.41) is 3.67. The zero-order valence-electron chi connectivity index (χ0n) is 9.87. The molecule has 0 nitrogen and oxygen atoms in total. The minimum Gasteiger partial charge on any atom is -0.144 e. The highest BCUT2D eigenvalue weighted by Gasteiger charge is 2.11. The van der Waals surface area contributed by atoms with Crippen molar-refractivity contribution in [2.75, 3.05) is 0 Å². The van der Waals surface area contributed by atoms with Gasteiger partial charge in [0.2, 0.25) is 0 Å². The summed E-state index contributed by atoms with van der Waals surface area (Å²) in [6, 6.07) is 6.87. The summed E-state index contributed by atoms with van der Waals surface area (Å²) >= 11 is 1.87. The lowest BCUT2D eigenvalue weighted by atomic mass is 9.81. The Kier molecular flexibility index (Phi) is 2.88. The highest BCUT2D eigenvalue weighted by atomic mass is 32.1. The molecule has 0 N–H and O–H groups in total. The predicted octanol–water partition coefficient (Wildman–Crippen LogP) is 3.72. The fourth-order valence-corrected chi connectivity index (χ4v) is 3.16. The van der Waals surface area contributed by atoms with E-state index in [-0.39, 0.29) is 0 Å². The molecule has 1 aromatic heterocycles.